The first kappa shape index (κ1) is 11.7. The SMILES string of the molecule is COc1ncnc(Sc2ccc(C)cc2)c1N. The molecule has 0 bridgehead atoms. The number of nitrogens with two attached hydrogens (primary N) is 1. The lowest BCUT2D eigenvalue weighted by atomic mass is 10.2. The second-order valence-corrected chi connectivity index (χ2v) is 4.58. The molecule has 1 heterocycles. The second kappa shape index (κ2) is 5.05. The molecule has 0 aliphatic carbocycles. The van der Waals surface area contributed by atoms with Gasteiger partial charge in [0.25, 0.3) is 0 Å². The van der Waals surface area contributed by atoms with Crippen molar-refractivity contribution in [2.45, 2.75) is 16.8 Å². The summed E-state index contributed by atoms with van der Waals surface area (Å²) in [7, 11) is 1.54. The molecule has 0 fully saturated rings. The minimum atomic E-state index is 0.412. The highest BCUT2D eigenvalue weighted by atomic mass is 32.2. The molecule has 0 atom stereocenters. The molecule has 17 heavy (non-hydrogen) atoms. The van der Waals surface area contributed by atoms with Crippen LogP contribution in [-0.4, -0.2) is 17.1 Å². The average Bonchev–Trinajstić information content (AvgIpc) is 2.35. The van der Waals surface area contributed by atoms with Crippen LogP contribution in [-0.2, 0) is 0 Å². The van der Waals surface area contributed by atoms with Gasteiger partial charge in [-0.25, -0.2) is 4.98 Å². The molecule has 0 unspecified atom stereocenters. The molecule has 0 aliphatic heterocycles. The fourth-order valence-corrected chi connectivity index (χ4v) is 2.12. The smallest absolute Gasteiger partial charge is 0.241 e. The molecule has 4 nitrogen and oxygen atoms in total. The lowest BCUT2D eigenvalue weighted by Crippen LogP contribution is -1.98. The van der Waals surface area contributed by atoms with E-state index in [9.17, 15) is 0 Å². The fraction of sp³-hybridized carbons (Fsp3) is 0.167. The van der Waals surface area contributed by atoms with E-state index in [1.54, 1.807) is 7.11 Å². The number of hydrogen-bond acceptors (Lipinski definition) is 5. The third-order valence-electron chi connectivity index (χ3n) is 2.24. The summed E-state index contributed by atoms with van der Waals surface area (Å²) < 4.78 is 5.05. The molecular formula is C12H13N3OS. The Morgan fingerprint density at radius 1 is 1.18 bits per heavy atom. The van der Waals surface area contributed by atoms with Crippen LogP contribution in [0.25, 0.3) is 0 Å². The Hall–Kier alpha value is -1.75. The predicted molar refractivity (Wildman–Crippen MR) is 68.3 cm³/mol. The van der Waals surface area contributed by atoms with E-state index in [0.29, 0.717) is 16.6 Å². The lowest BCUT2D eigenvalue weighted by molar-refractivity contribution is 0.397. The number of nitrogens with zero attached hydrogens (tertiary/aromatic N) is 2. The van der Waals surface area contributed by atoms with Crippen LogP contribution >= 0.6 is 11.8 Å². The molecule has 0 spiro atoms. The number of ether oxygens (including phenoxy) is 1. The average molecular weight is 247 g/mol. The zero-order valence-electron chi connectivity index (χ0n) is 9.68. The summed E-state index contributed by atoms with van der Waals surface area (Å²) in [5, 5.41) is 0.709. The van der Waals surface area contributed by atoms with E-state index in [2.05, 4.69) is 29.0 Å². The van der Waals surface area contributed by atoms with Crippen molar-refractivity contribution in [3.05, 3.63) is 36.2 Å². The Morgan fingerprint density at radius 3 is 2.53 bits per heavy atom. The highest BCUT2D eigenvalue weighted by Gasteiger charge is 2.09. The molecule has 0 radical (unpaired) electrons. The molecule has 1 aromatic heterocycles. The fourth-order valence-electron chi connectivity index (χ4n) is 1.33. The van der Waals surface area contributed by atoms with Crippen molar-refractivity contribution in [2.75, 3.05) is 12.8 Å². The summed E-state index contributed by atoms with van der Waals surface area (Å²) in [4.78, 5) is 9.18. The zero-order chi connectivity index (χ0) is 12.3. The topological polar surface area (TPSA) is 61.0 Å². The van der Waals surface area contributed by atoms with Crippen LogP contribution in [0.2, 0.25) is 0 Å². The van der Waals surface area contributed by atoms with Gasteiger partial charge in [-0.05, 0) is 19.1 Å². The van der Waals surface area contributed by atoms with Crippen molar-refractivity contribution >= 4 is 17.4 Å². The summed E-state index contributed by atoms with van der Waals surface area (Å²) in [6.45, 7) is 2.05. The molecule has 2 aromatic rings. The number of rotatable bonds is 3. The summed E-state index contributed by atoms with van der Waals surface area (Å²) in [6.07, 6.45) is 1.45. The minimum absolute atomic E-state index is 0.412. The number of hydrogen-bond donors (Lipinski definition) is 1. The van der Waals surface area contributed by atoms with E-state index in [1.165, 1.54) is 23.7 Å². The Balaban J connectivity index is 2.27. The Labute approximate surface area is 104 Å². The number of benzene rings is 1. The van der Waals surface area contributed by atoms with Crippen LogP contribution in [0.3, 0.4) is 0 Å². The molecule has 88 valence electrons. The van der Waals surface area contributed by atoms with Gasteiger partial charge in [0.05, 0.1) is 7.11 Å². The first-order valence-electron chi connectivity index (χ1n) is 5.09. The Morgan fingerprint density at radius 2 is 1.88 bits per heavy atom. The third-order valence-corrected chi connectivity index (χ3v) is 3.27. The summed E-state index contributed by atoms with van der Waals surface area (Å²) in [5.74, 6) is 0.412. The largest absolute Gasteiger partial charge is 0.479 e. The number of nitrogen functional groups attached to an aromatic ring is 1. The van der Waals surface area contributed by atoms with E-state index < -0.39 is 0 Å². The van der Waals surface area contributed by atoms with Gasteiger partial charge < -0.3 is 10.5 Å². The maximum absolute atomic E-state index is 5.90. The third kappa shape index (κ3) is 2.68. The van der Waals surface area contributed by atoms with Gasteiger partial charge in [0.2, 0.25) is 5.88 Å². The van der Waals surface area contributed by atoms with Crippen molar-refractivity contribution in [1.29, 1.82) is 0 Å². The van der Waals surface area contributed by atoms with Gasteiger partial charge >= 0.3 is 0 Å². The summed E-state index contributed by atoms with van der Waals surface area (Å²) in [6, 6.07) is 8.18. The van der Waals surface area contributed by atoms with Crippen LogP contribution in [0.4, 0.5) is 5.69 Å². The van der Waals surface area contributed by atoms with Gasteiger partial charge in [-0.2, -0.15) is 4.98 Å². The molecule has 0 aliphatic rings. The standard InChI is InChI=1S/C12H13N3OS/c1-8-3-5-9(6-4-8)17-12-10(13)11(16-2)14-7-15-12/h3-7H,13H2,1-2H3. The van der Waals surface area contributed by atoms with Crippen LogP contribution in [0, 0.1) is 6.92 Å². The van der Waals surface area contributed by atoms with Crippen LogP contribution in [0.15, 0.2) is 40.5 Å². The summed E-state index contributed by atoms with van der Waals surface area (Å²) >= 11 is 1.50. The quantitative estimate of drug-likeness (QED) is 0.844. The van der Waals surface area contributed by atoms with Crippen molar-refractivity contribution in [3.8, 4) is 5.88 Å². The Kier molecular flexibility index (Phi) is 3.49. The van der Waals surface area contributed by atoms with E-state index in [0.717, 1.165) is 4.90 Å². The van der Waals surface area contributed by atoms with Gasteiger partial charge in [-0.1, -0.05) is 29.5 Å². The molecule has 2 N–H and O–H groups in total. The lowest BCUT2D eigenvalue weighted by Gasteiger charge is -2.07. The van der Waals surface area contributed by atoms with Gasteiger partial charge in [0.15, 0.2) is 0 Å². The molecule has 0 saturated heterocycles. The maximum Gasteiger partial charge on any atom is 0.241 e. The van der Waals surface area contributed by atoms with E-state index in [1.807, 2.05) is 12.1 Å². The van der Waals surface area contributed by atoms with Crippen LogP contribution < -0.4 is 10.5 Å². The van der Waals surface area contributed by atoms with Crippen molar-refractivity contribution < 1.29 is 4.74 Å². The van der Waals surface area contributed by atoms with E-state index in [4.69, 9.17) is 10.5 Å². The summed E-state index contributed by atoms with van der Waals surface area (Å²) in [5.41, 5.74) is 7.60. The molecule has 0 saturated carbocycles. The number of aryl methyl sites for hydroxylation is 1. The predicted octanol–water partition coefficient (Wildman–Crippen LogP) is 2.53. The monoisotopic (exact) mass is 247 g/mol. The van der Waals surface area contributed by atoms with Gasteiger partial charge in [-0.3, -0.25) is 0 Å². The van der Waals surface area contributed by atoms with Crippen LogP contribution in [0.5, 0.6) is 5.88 Å². The normalized spacial score (nSPS) is 10.2. The number of anilines is 1. The minimum Gasteiger partial charge on any atom is -0.479 e. The van der Waals surface area contributed by atoms with Crippen molar-refractivity contribution in [1.82, 2.24) is 9.97 Å². The van der Waals surface area contributed by atoms with Crippen LogP contribution in [0.1, 0.15) is 5.56 Å². The Bertz CT molecular complexity index is 514. The number of methoxy groups -OCH3 is 1. The first-order chi connectivity index (χ1) is 8.20. The second-order valence-electron chi connectivity index (χ2n) is 3.52. The van der Waals surface area contributed by atoms with E-state index >= 15 is 0 Å². The zero-order valence-corrected chi connectivity index (χ0v) is 10.5. The maximum atomic E-state index is 5.90. The molecular weight excluding hydrogens is 234 g/mol. The molecule has 5 heteroatoms. The first-order valence-corrected chi connectivity index (χ1v) is 5.91. The molecule has 2 rings (SSSR count). The van der Waals surface area contributed by atoms with Gasteiger partial charge in [-0.15, -0.1) is 0 Å². The van der Waals surface area contributed by atoms with Gasteiger partial charge in [0.1, 0.15) is 17.0 Å². The number of aromatic nitrogens is 2. The van der Waals surface area contributed by atoms with Gasteiger partial charge in [0, 0.05) is 4.90 Å². The highest BCUT2D eigenvalue weighted by Crippen LogP contribution is 2.33. The highest BCUT2D eigenvalue weighted by molar-refractivity contribution is 7.99. The molecule has 0 amide bonds. The van der Waals surface area contributed by atoms with E-state index in [-0.39, 0.29) is 0 Å². The van der Waals surface area contributed by atoms with Crippen molar-refractivity contribution in [2.24, 2.45) is 0 Å². The van der Waals surface area contributed by atoms with Crippen molar-refractivity contribution in [3.63, 3.8) is 0 Å². The molecule has 1 aromatic carbocycles.